The van der Waals surface area contributed by atoms with E-state index in [1.54, 1.807) is 13.3 Å². The van der Waals surface area contributed by atoms with E-state index in [-0.39, 0.29) is 10.9 Å². The number of thiazole rings is 1. The Morgan fingerprint density at radius 3 is 2.33 bits per heavy atom. The predicted octanol–water partition coefficient (Wildman–Crippen LogP) is 7.46. The molecule has 4 aromatic rings. The van der Waals surface area contributed by atoms with Crippen molar-refractivity contribution in [1.82, 2.24) is 9.29 Å². The van der Waals surface area contributed by atoms with Crippen LogP contribution >= 0.6 is 43.2 Å². The summed E-state index contributed by atoms with van der Waals surface area (Å²) in [6.45, 7) is 0. The van der Waals surface area contributed by atoms with Gasteiger partial charge in [0, 0.05) is 27.6 Å². The second-order valence-corrected chi connectivity index (χ2v) is 14.2. The third-order valence-electron chi connectivity index (χ3n) is 6.77. The number of hydrogen-bond acceptors (Lipinski definition) is 6. The Hall–Kier alpha value is -2.44. The van der Waals surface area contributed by atoms with Gasteiger partial charge in [-0.1, -0.05) is 74.6 Å². The molecular weight excluding hydrogens is 664 g/mol. The first-order valence-corrected chi connectivity index (χ1v) is 16.3. The molecule has 11 heteroatoms. The van der Waals surface area contributed by atoms with E-state index in [1.165, 1.54) is 44.9 Å². The predicted molar refractivity (Wildman–Crippen MR) is 164 cm³/mol. The van der Waals surface area contributed by atoms with Crippen LogP contribution in [0.4, 0.5) is 5.13 Å². The van der Waals surface area contributed by atoms with Gasteiger partial charge in [0.15, 0.2) is 0 Å². The van der Waals surface area contributed by atoms with Crippen molar-refractivity contribution in [2.45, 2.75) is 43.0 Å². The summed E-state index contributed by atoms with van der Waals surface area (Å²) >= 11 is 8.25. The Kier molecular flexibility index (Phi) is 8.63. The highest BCUT2D eigenvalue weighted by Crippen LogP contribution is 2.32. The first kappa shape index (κ1) is 28.1. The summed E-state index contributed by atoms with van der Waals surface area (Å²) < 4.78 is 30.8. The van der Waals surface area contributed by atoms with Gasteiger partial charge in [0.05, 0.1) is 21.3 Å². The Morgan fingerprint density at radius 2 is 1.64 bits per heavy atom. The summed E-state index contributed by atoms with van der Waals surface area (Å²) in [6, 6.07) is 19.3. The lowest BCUT2D eigenvalue weighted by atomic mass is 9.96. The molecule has 0 saturated heterocycles. The highest BCUT2D eigenvalue weighted by molar-refractivity contribution is 9.10. The van der Waals surface area contributed by atoms with E-state index in [0.29, 0.717) is 10.7 Å². The number of fused-ring (bicyclic) bond motifs is 1. The van der Waals surface area contributed by atoms with Crippen LogP contribution in [0, 0.1) is 0 Å². The molecule has 7 nitrogen and oxygen atoms in total. The summed E-state index contributed by atoms with van der Waals surface area (Å²) in [7, 11) is -2.02. The van der Waals surface area contributed by atoms with Gasteiger partial charge in [-0.15, -0.1) is 0 Å². The fraction of sp³-hybridized carbons (Fsp3) is 0.250. The molecule has 5 rings (SSSR count). The van der Waals surface area contributed by atoms with E-state index in [2.05, 4.69) is 41.9 Å². The number of nitrogens with zero attached hydrogens (tertiary/aromatic N) is 4. The molecule has 0 bridgehead atoms. The molecule has 3 aromatic carbocycles. The fourth-order valence-corrected chi connectivity index (χ4v) is 7.69. The molecule has 1 aliphatic carbocycles. The number of sulfonamides is 1. The van der Waals surface area contributed by atoms with E-state index in [1.807, 2.05) is 42.5 Å². The average Bonchev–Trinajstić information content (AvgIpc) is 3.37. The zero-order valence-electron chi connectivity index (χ0n) is 21.1. The summed E-state index contributed by atoms with van der Waals surface area (Å²) in [5.41, 5.74) is 1.87. The highest BCUT2D eigenvalue weighted by atomic mass is 79.9. The molecule has 202 valence electrons. The summed E-state index contributed by atoms with van der Waals surface area (Å²) in [4.78, 5) is 18.5. The lowest BCUT2D eigenvalue weighted by Crippen LogP contribution is -2.38. The Bertz CT molecular complexity index is 1620. The van der Waals surface area contributed by atoms with Gasteiger partial charge < -0.3 is 0 Å². The van der Waals surface area contributed by atoms with Crippen LogP contribution in [0.5, 0.6) is 0 Å². The number of benzene rings is 3. The minimum atomic E-state index is -3.66. The van der Waals surface area contributed by atoms with Crippen LogP contribution < -0.4 is 5.01 Å². The van der Waals surface area contributed by atoms with Crippen LogP contribution in [0.15, 0.2) is 85.7 Å². The number of carbonyl (C=O) groups excluding carboxylic acids is 1. The monoisotopic (exact) mass is 688 g/mol. The van der Waals surface area contributed by atoms with E-state index >= 15 is 0 Å². The lowest BCUT2D eigenvalue weighted by Gasteiger charge is -2.30. The maximum Gasteiger partial charge on any atom is 0.280 e. The molecule has 1 fully saturated rings. The van der Waals surface area contributed by atoms with E-state index in [9.17, 15) is 13.2 Å². The zero-order valence-corrected chi connectivity index (χ0v) is 25.9. The maximum absolute atomic E-state index is 13.7. The Balaban J connectivity index is 1.45. The van der Waals surface area contributed by atoms with Crippen molar-refractivity contribution in [3.8, 4) is 0 Å². The topological polar surface area (TPSA) is 82.9 Å². The van der Waals surface area contributed by atoms with Gasteiger partial charge in [-0.25, -0.2) is 13.4 Å². The van der Waals surface area contributed by atoms with Gasteiger partial charge in [0.2, 0.25) is 15.2 Å². The van der Waals surface area contributed by atoms with Gasteiger partial charge in [-0.2, -0.15) is 14.4 Å². The third kappa shape index (κ3) is 6.33. The minimum absolute atomic E-state index is 0.00701. The normalized spacial score (nSPS) is 14.9. The molecule has 0 atom stereocenters. The van der Waals surface area contributed by atoms with Crippen molar-refractivity contribution in [3.05, 3.63) is 86.8 Å². The standard InChI is InChI=1S/C28H26Br2N4O3S2/c1-33(23-5-3-2-4-6-23)39(36,37)24-14-9-20(10-15-24)27(35)34(31-18-19-7-11-21(29)12-8-19)28-32-25-16-13-22(30)17-26(25)38-28/h7-18,23H,2-6H2,1H3/b31-18+. The minimum Gasteiger partial charge on any atom is -0.267 e. The van der Waals surface area contributed by atoms with E-state index in [4.69, 9.17) is 0 Å². The van der Waals surface area contributed by atoms with Crippen LogP contribution in [-0.2, 0) is 10.0 Å². The summed E-state index contributed by atoms with van der Waals surface area (Å²) in [5.74, 6) is -0.411. The number of anilines is 1. The van der Waals surface area contributed by atoms with Gasteiger partial charge in [0.1, 0.15) is 0 Å². The molecule has 0 spiro atoms. The summed E-state index contributed by atoms with van der Waals surface area (Å²) in [6.07, 6.45) is 6.57. The van der Waals surface area contributed by atoms with Crippen LogP contribution in [0.1, 0.15) is 48.0 Å². The number of hydrogen-bond donors (Lipinski definition) is 0. The SMILES string of the molecule is CN(C1CCCCC1)S(=O)(=O)c1ccc(C(=O)N(/N=C/c2ccc(Br)cc2)c2nc3ccc(Br)cc3s2)cc1. The van der Waals surface area contributed by atoms with Gasteiger partial charge in [-0.05, 0) is 73.0 Å². The van der Waals surface area contributed by atoms with E-state index < -0.39 is 15.9 Å². The molecule has 39 heavy (non-hydrogen) atoms. The quantitative estimate of drug-likeness (QED) is 0.149. The van der Waals surface area contributed by atoms with Crippen molar-refractivity contribution < 1.29 is 13.2 Å². The average molecular weight is 690 g/mol. The molecule has 1 aromatic heterocycles. The van der Waals surface area contributed by atoms with E-state index in [0.717, 1.165) is 56.8 Å². The Labute approximate surface area is 248 Å². The van der Waals surface area contributed by atoms with Gasteiger partial charge in [0.25, 0.3) is 5.91 Å². The molecule has 1 amide bonds. The largest absolute Gasteiger partial charge is 0.280 e. The summed E-state index contributed by atoms with van der Waals surface area (Å²) in [5, 5.41) is 6.18. The van der Waals surface area contributed by atoms with Crippen molar-refractivity contribution in [3.63, 3.8) is 0 Å². The smallest absolute Gasteiger partial charge is 0.267 e. The van der Waals surface area contributed by atoms with Crippen molar-refractivity contribution >= 4 is 80.7 Å². The lowest BCUT2D eigenvalue weighted by molar-refractivity contribution is 0.0987. The second-order valence-electron chi connectivity index (χ2n) is 9.36. The molecule has 0 N–H and O–H groups in total. The second kappa shape index (κ2) is 12.0. The van der Waals surface area contributed by atoms with Crippen LogP contribution in [0.2, 0.25) is 0 Å². The van der Waals surface area contributed by atoms with Gasteiger partial charge >= 0.3 is 0 Å². The number of carbonyl (C=O) groups is 1. The molecular formula is C28H26Br2N4O3S2. The molecule has 0 radical (unpaired) electrons. The number of aromatic nitrogens is 1. The first-order chi connectivity index (χ1) is 18.7. The first-order valence-electron chi connectivity index (χ1n) is 12.5. The van der Waals surface area contributed by atoms with Crippen molar-refractivity contribution in [1.29, 1.82) is 0 Å². The maximum atomic E-state index is 13.7. The third-order valence-corrected chi connectivity index (χ3v) is 10.7. The van der Waals surface area contributed by atoms with Crippen molar-refractivity contribution in [2.75, 3.05) is 12.1 Å². The molecule has 1 heterocycles. The van der Waals surface area contributed by atoms with Crippen LogP contribution in [0.3, 0.4) is 0 Å². The number of halogens is 2. The van der Waals surface area contributed by atoms with Crippen LogP contribution in [0.25, 0.3) is 10.2 Å². The molecule has 0 unspecified atom stereocenters. The number of hydrazone groups is 1. The molecule has 1 aliphatic rings. The number of amides is 1. The van der Waals surface area contributed by atoms with Crippen molar-refractivity contribution in [2.24, 2.45) is 5.10 Å². The van der Waals surface area contributed by atoms with Gasteiger partial charge in [-0.3, -0.25) is 4.79 Å². The fourth-order valence-electron chi connectivity index (χ4n) is 4.54. The number of rotatable bonds is 7. The highest BCUT2D eigenvalue weighted by Gasteiger charge is 2.29. The zero-order chi connectivity index (χ0) is 27.6. The Morgan fingerprint density at radius 1 is 0.974 bits per heavy atom. The molecule has 0 aliphatic heterocycles. The molecule has 1 saturated carbocycles. The van der Waals surface area contributed by atoms with Crippen LogP contribution in [-0.4, -0.2) is 42.9 Å².